The summed E-state index contributed by atoms with van der Waals surface area (Å²) in [5.74, 6) is 0. The second kappa shape index (κ2) is 11.4. The van der Waals surface area contributed by atoms with Gasteiger partial charge in [0.25, 0.3) is 0 Å². The van der Waals surface area contributed by atoms with Crippen LogP contribution in [0.25, 0.3) is 11.2 Å². The second-order valence-electron chi connectivity index (χ2n) is 6.66. The van der Waals surface area contributed by atoms with Gasteiger partial charge in [-0.3, -0.25) is 0 Å². The van der Waals surface area contributed by atoms with Gasteiger partial charge in [-0.05, 0) is 6.42 Å². The van der Waals surface area contributed by atoms with Gasteiger partial charge in [-0.25, -0.2) is 15.0 Å². The molecule has 0 aromatic carbocycles. The third kappa shape index (κ3) is 6.39. The van der Waals surface area contributed by atoms with E-state index in [2.05, 4.69) is 26.4 Å². The lowest BCUT2D eigenvalue weighted by Gasteiger charge is -2.05. The van der Waals surface area contributed by atoms with E-state index in [1.807, 2.05) is 6.33 Å². The van der Waals surface area contributed by atoms with E-state index >= 15 is 0 Å². The Morgan fingerprint density at radius 3 is 2.00 bits per heavy atom. The zero-order valence-corrected chi connectivity index (χ0v) is 15.8. The molecule has 0 atom stereocenters. The van der Waals surface area contributed by atoms with Gasteiger partial charge in [0.1, 0.15) is 11.8 Å². The van der Waals surface area contributed by atoms with Crippen LogP contribution < -0.4 is 0 Å². The monoisotopic (exact) mass is 350 g/mol. The van der Waals surface area contributed by atoms with Gasteiger partial charge < -0.3 is 4.57 Å². The van der Waals surface area contributed by atoms with Gasteiger partial charge in [0.05, 0.1) is 6.33 Å². The van der Waals surface area contributed by atoms with Crippen molar-refractivity contribution in [2.45, 2.75) is 90.5 Å². The van der Waals surface area contributed by atoms with Crippen molar-refractivity contribution in [3.05, 3.63) is 17.8 Å². The zero-order valence-electron chi connectivity index (χ0n) is 15.0. The Morgan fingerprint density at radius 2 is 1.38 bits per heavy atom. The molecule has 5 heteroatoms. The number of unbranched alkanes of at least 4 members (excludes halogenated alkanes) is 11. The molecule has 0 N–H and O–H groups in total. The van der Waals surface area contributed by atoms with E-state index in [0.29, 0.717) is 10.8 Å². The topological polar surface area (TPSA) is 43.6 Å². The van der Waals surface area contributed by atoms with E-state index in [9.17, 15) is 0 Å². The molecule has 134 valence electrons. The van der Waals surface area contributed by atoms with Crippen molar-refractivity contribution in [1.29, 1.82) is 0 Å². The molecule has 0 saturated carbocycles. The fourth-order valence-electron chi connectivity index (χ4n) is 3.17. The van der Waals surface area contributed by atoms with Crippen LogP contribution in [0.15, 0.2) is 12.7 Å². The maximum absolute atomic E-state index is 6.14. The lowest BCUT2D eigenvalue weighted by Crippen LogP contribution is -1.97. The van der Waals surface area contributed by atoms with E-state index < -0.39 is 0 Å². The number of aromatic nitrogens is 4. The molecule has 2 heterocycles. The fourth-order valence-corrected chi connectivity index (χ4v) is 3.40. The lowest BCUT2D eigenvalue weighted by atomic mass is 10.1. The molecule has 0 amide bonds. The largest absolute Gasteiger partial charge is 0.327 e. The van der Waals surface area contributed by atoms with Crippen LogP contribution in [-0.4, -0.2) is 19.5 Å². The first kappa shape index (κ1) is 19.2. The summed E-state index contributed by atoms with van der Waals surface area (Å²) in [7, 11) is 0. The predicted octanol–water partition coefficient (Wildman–Crippen LogP) is 6.18. The summed E-state index contributed by atoms with van der Waals surface area (Å²) in [6, 6.07) is 0. The summed E-state index contributed by atoms with van der Waals surface area (Å²) < 4.78 is 2.08. The average molecular weight is 351 g/mol. The highest BCUT2D eigenvalue weighted by Crippen LogP contribution is 2.19. The Hall–Kier alpha value is -1.16. The minimum absolute atomic E-state index is 0.497. The van der Waals surface area contributed by atoms with Gasteiger partial charge in [0, 0.05) is 6.54 Å². The smallest absolute Gasteiger partial charge is 0.182 e. The van der Waals surface area contributed by atoms with Gasteiger partial charge in [0.2, 0.25) is 0 Å². The first-order chi connectivity index (χ1) is 11.8. The van der Waals surface area contributed by atoms with E-state index in [1.165, 1.54) is 77.0 Å². The predicted molar refractivity (Wildman–Crippen MR) is 101 cm³/mol. The zero-order chi connectivity index (χ0) is 17.0. The Labute approximate surface area is 151 Å². The molecule has 0 aliphatic heterocycles. The number of hydrogen-bond donors (Lipinski definition) is 0. The molecule has 0 fully saturated rings. The van der Waals surface area contributed by atoms with Crippen molar-refractivity contribution in [2.75, 3.05) is 0 Å². The molecular weight excluding hydrogens is 320 g/mol. The number of hydrogen-bond acceptors (Lipinski definition) is 3. The van der Waals surface area contributed by atoms with Crippen LogP contribution >= 0.6 is 11.6 Å². The molecule has 0 radical (unpaired) electrons. The highest BCUT2D eigenvalue weighted by molar-refractivity contribution is 6.33. The standard InChI is InChI=1S/C19H31ClN4/c1-2-3-4-5-6-7-8-9-10-11-12-13-14-24-16-23-19-17(24)18(20)21-15-22-19/h15-16H,2-14H2,1H3. The van der Waals surface area contributed by atoms with E-state index in [0.717, 1.165) is 18.5 Å². The third-order valence-electron chi connectivity index (χ3n) is 4.62. The summed E-state index contributed by atoms with van der Waals surface area (Å²) >= 11 is 6.14. The summed E-state index contributed by atoms with van der Waals surface area (Å²) in [5, 5.41) is 0.497. The lowest BCUT2D eigenvalue weighted by molar-refractivity contribution is 0.531. The Kier molecular flexibility index (Phi) is 9.11. The van der Waals surface area contributed by atoms with Crippen molar-refractivity contribution in [3.8, 4) is 0 Å². The van der Waals surface area contributed by atoms with Crippen molar-refractivity contribution >= 4 is 22.8 Å². The van der Waals surface area contributed by atoms with E-state index in [1.54, 1.807) is 0 Å². The molecule has 0 spiro atoms. The molecule has 0 bridgehead atoms. The Bertz CT molecular complexity index is 582. The summed E-state index contributed by atoms with van der Waals surface area (Å²) in [6.07, 6.45) is 19.7. The molecule has 0 aliphatic rings. The van der Waals surface area contributed by atoms with Gasteiger partial charge >= 0.3 is 0 Å². The van der Waals surface area contributed by atoms with E-state index in [-0.39, 0.29) is 0 Å². The number of rotatable bonds is 13. The Morgan fingerprint density at radius 1 is 0.792 bits per heavy atom. The fraction of sp³-hybridized carbons (Fsp3) is 0.737. The molecule has 0 saturated heterocycles. The van der Waals surface area contributed by atoms with Gasteiger partial charge in [-0.2, -0.15) is 0 Å². The van der Waals surface area contributed by atoms with Crippen molar-refractivity contribution in [3.63, 3.8) is 0 Å². The van der Waals surface area contributed by atoms with E-state index in [4.69, 9.17) is 11.6 Å². The Balaban J connectivity index is 1.50. The molecule has 2 aromatic rings. The summed E-state index contributed by atoms with van der Waals surface area (Å²) in [6.45, 7) is 3.22. The van der Waals surface area contributed by atoms with Crippen molar-refractivity contribution in [1.82, 2.24) is 19.5 Å². The highest BCUT2D eigenvalue weighted by atomic mass is 35.5. The summed E-state index contributed by atoms with van der Waals surface area (Å²) in [4.78, 5) is 12.5. The van der Waals surface area contributed by atoms with Crippen LogP contribution in [0.2, 0.25) is 5.15 Å². The van der Waals surface area contributed by atoms with Crippen molar-refractivity contribution in [2.24, 2.45) is 0 Å². The van der Waals surface area contributed by atoms with Crippen molar-refractivity contribution < 1.29 is 0 Å². The van der Waals surface area contributed by atoms with Crippen LogP contribution in [-0.2, 0) is 6.54 Å². The highest BCUT2D eigenvalue weighted by Gasteiger charge is 2.08. The minimum atomic E-state index is 0.497. The third-order valence-corrected chi connectivity index (χ3v) is 4.89. The number of nitrogens with zero attached hydrogens (tertiary/aromatic N) is 4. The average Bonchev–Trinajstić information content (AvgIpc) is 3.00. The molecular formula is C19H31ClN4. The first-order valence-electron chi connectivity index (χ1n) is 9.64. The van der Waals surface area contributed by atoms with Crippen LogP contribution in [0, 0.1) is 0 Å². The number of fused-ring (bicyclic) bond motifs is 1. The van der Waals surface area contributed by atoms with Gasteiger partial charge in [-0.15, -0.1) is 0 Å². The SMILES string of the molecule is CCCCCCCCCCCCCCn1cnc2ncnc(Cl)c21. The minimum Gasteiger partial charge on any atom is -0.327 e. The molecule has 2 aromatic heterocycles. The summed E-state index contributed by atoms with van der Waals surface area (Å²) in [5.41, 5.74) is 1.55. The van der Waals surface area contributed by atoms with Crippen LogP contribution in [0.1, 0.15) is 84.0 Å². The number of aryl methyl sites for hydroxylation is 1. The molecule has 4 nitrogen and oxygen atoms in total. The second-order valence-corrected chi connectivity index (χ2v) is 7.02. The van der Waals surface area contributed by atoms with Gasteiger partial charge in [0.15, 0.2) is 10.8 Å². The maximum Gasteiger partial charge on any atom is 0.182 e. The maximum atomic E-state index is 6.14. The molecule has 24 heavy (non-hydrogen) atoms. The van der Waals surface area contributed by atoms with Crippen LogP contribution in [0.3, 0.4) is 0 Å². The van der Waals surface area contributed by atoms with Crippen LogP contribution in [0.4, 0.5) is 0 Å². The normalized spacial score (nSPS) is 11.4. The van der Waals surface area contributed by atoms with Gasteiger partial charge in [-0.1, -0.05) is 89.2 Å². The number of imidazole rings is 1. The molecule has 0 unspecified atom stereocenters. The number of halogens is 1. The first-order valence-corrected chi connectivity index (χ1v) is 10.0. The quantitative estimate of drug-likeness (QED) is 0.320. The molecule has 2 rings (SSSR count). The molecule has 0 aliphatic carbocycles. The van der Waals surface area contributed by atoms with Crippen LogP contribution in [0.5, 0.6) is 0 Å².